The summed E-state index contributed by atoms with van der Waals surface area (Å²) in [7, 11) is 1.54. The highest BCUT2D eigenvalue weighted by Crippen LogP contribution is 2.51. The van der Waals surface area contributed by atoms with E-state index < -0.39 is 0 Å². The van der Waals surface area contributed by atoms with E-state index in [-0.39, 0.29) is 17.8 Å². The van der Waals surface area contributed by atoms with Crippen LogP contribution in [0, 0.1) is 0 Å². The summed E-state index contributed by atoms with van der Waals surface area (Å²) in [6.45, 7) is 2.19. The van der Waals surface area contributed by atoms with Crippen molar-refractivity contribution in [1.29, 1.82) is 0 Å². The second-order valence-corrected chi connectivity index (χ2v) is 7.78. The van der Waals surface area contributed by atoms with E-state index in [1.165, 1.54) is 0 Å². The molecule has 4 rings (SSSR count). The van der Waals surface area contributed by atoms with Crippen LogP contribution in [-0.4, -0.2) is 39.1 Å². The second-order valence-electron chi connectivity index (χ2n) is 6.38. The summed E-state index contributed by atoms with van der Waals surface area (Å²) in [6.07, 6.45) is 2.82. The quantitative estimate of drug-likeness (QED) is 0.838. The van der Waals surface area contributed by atoms with E-state index in [0.717, 1.165) is 28.6 Å². The third-order valence-corrected chi connectivity index (χ3v) is 6.40. The zero-order chi connectivity index (χ0) is 18.3. The van der Waals surface area contributed by atoms with Crippen LogP contribution in [0.5, 0.6) is 11.5 Å². The van der Waals surface area contributed by atoms with Gasteiger partial charge in [0.2, 0.25) is 0 Å². The van der Waals surface area contributed by atoms with Crippen LogP contribution in [0.15, 0.2) is 41.5 Å². The number of hydrogen-bond donors (Lipinski definition) is 1. The normalized spacial score (nSPS) is 24.5. The molecule has 1 aromatic carbocycles. The molecule has 0 bridgehead atoms. The fraction of sp³-hybridized carbons (Fsp3) is 0.368. The van der Waals surface area contributed by atoms with Crippen LogP contribution in [0.1, 0.15) is 36.7 Å². The van der Waals surface area contributed by atoms with Gasteiger partial charge in [-0.1, -0.05) is 36.4 Å². The fourth-order valence-corrected chi connectivity index (χ4v) is 5.24. The number of phenolic OH excluding ortho intramolecular Hbond substituents is 1. The Kier molecular flexibility index (Phi) is 4.71. The molecule has 3 atom stereocenters. The Hall–Kier alpha value is -1.92. The number of aliphatic imine (C=N–C) groups is 1. The summed E-state index contributed by atoms with van der Waals surface area (Å²) in [6, 6.07) is 9.45. The molecular formula is C19H20ClN3O2S. The van der Waals surface area contributed by atoms with E-state index in [4.69, 9.17) is 21.3 Å². The summed E-state index contributed by atoms with van der Waals surface area (Å²) in [5, 5.41) is 11.6. The van der Waals surface area contributed by atoms with E-state index in [0.29, 0.717) is 16.8 Å². The molecule has 1 saturated heterocycles. The highest BCUT2D eigenvalue weighted by molar-refractivity contribution is 8.14. The van der Waals surface area contributed by atoms with Gasteiger partial charge in [-0.25, -0.2) is 0 Å². The lowest BCUT2D eigenvalue weighted by atomic mass is 9.94. The van der Waals surface area contributed by atoms with Crippen molar-refractivity contribution in [3.05, 3.63) is 52.8 Å². The molecular weight excluding hydrogens is 370 g/mol. The molecule has 26 heavy (non-hydrogen) atoms. The minimum absolute atomic E-state index is 0.0395. The van der Waals surface area contributed by atoms with Gasteiger partial charge in [0, 0.05) is 29.1 Å². The zero-order valence-corrected chi connectivity index (χ0v) is 16.2. The monoisotopic (exact) mass is 389 g/mol. The number of thioether (sulfide) groups is 1. The molecule has 0 radical (unpaired) electrons. The molecule has 0 spiro atoms. The average Bonchev–Trinajstić information content (AvgIpc) is 3.22. The van der Waals surface area contributed by atoms with Crippen molar-refractivity contribution < 1.29 is 9.84 Å². The minimum atomic E-state index is -0.139. The van der Waals surface area contributed by atoms with E-state index in [9.17, 15) is 5.11 Å². The number of aromatic nitrogens is 1. The number of halogens is 1. The van der Waals surface area contributed by atoms with Gasteiger partial charge in [0.25, 0.3) is 0 Å². The molecule has 0 saturated carbocycles. The summed E-state index contributed by atoms with van der Waals surface area (Å²) in [5.41, 5.74) is 1.81. The number of amidine groups is 1. The second kappa shape index (κ2) is 7.00. The zero-order valence-electron chi connectivity index (χ0n) is 14.6. The van der Waals surface area contributed by atoms with Gasteiger partial charge in [-0.3, -0.25) is 9.98 Å². The first-order valence-electron chi connectivity index (χ1n) is 8.60. The Bertz CT molecular complexity index is 846. The molecule has 1 fully saturated rings. The molecule has 0 aliphatic carbocycles. The number of rotatable bonds is 4. The number of fused-ring (bicyclic) bond motifs is 1. The van der Waals surface area contributed by atoms with Gasteiger partial charge in [0.05, 0.1) is 18.8 Å². The number of benzene rings is 1. The third kappa shape index (κ3) is 2.81. The van der Waals surface area contributed by atoms with Gasteiger partial charge in [-0.2, -0.15) is 0 Å². The maximum atomic E-state index is 10.1. The van der Waals surface area contributed by atoms with Crippen LogP contribution < -0.4 is 4.74 Å². The van der Waals surface area contributed by atoms with Gasteiger partial charge < -0.3 is 14.7 Å². The number of ether oxygens (including phenoxy) is 1. The molecule has 3 heterocycles. The Balaban J connectivity index is 1.85. The van der Waals surface area contributed by atoms with Gasteiger partial charge in [0.1, 0.15) is 6.04 Å². The SMILES string of the molecule is CCC1CSC2=NC(c3ccccn3)C(c3cc(OC)c(O)cc3Cl)N21. The lowest BCUT2D eigenvalue weighted by Crippen LogP contribution is -2.35. The first-order chi connectivity index (χ1) is 12.6. The summed E-state index contributed by atoms with van der Waals surface area (Å²) in [4.78, 5) is 11.9. The van der Waals surface area contributed by atoms with E-state index in [1.54, 1.807) is 31.1 Å². The largest absolute Gasteiger partial charge is 0.504 e. The smallest absolute Gasteiger partial charge is 0.160 e. The Morgan fingerprint density at radius 1 is 1.38 bits per heavy atom. The van der Waals surface area contributed by atoms with Crippen molar-refractivity contribution in [3.63, 3.8) is 0 Å². The molecule has 136 valence electrons. The maximum absolute atomic E-state index is 10.1. The molecule has 7 heteroatoms. The van der Waals surface area contributed by atoms with Crippen molar-refractivity contribution >= 4 is 28.5 Å². The molecule has 5 nitrogen and oxygen atoms in total. The summed E-state index contributed by atoms with van der Waals surface area (Å²) < 4.78 is 5.32. The standard InChI is InChI=1S/C19H20ClN3O2S/c1-3-11-10-26-19-22-17(14-6-4-5-7-21-14)18(23(11)19)12-8-16(25-2)15(24)9-13(12)20/h4-9,11,17-18,24H,3,10H2,1-2H3. The van der Waals surface area contributed by atoms with Crippen LogP contribution in [0.3, 0.4) is 0 Å². The fourth-order valence-electron chi connectivity index (χ4n) is 3.64. The number of methoxy groups -OCH3 is 1. The van der Waals surface area contributed by atoms with Crippen LogP contribution in [-0.2, 0) is 0 Å². The third-order valence-electron chi connectivity index (χ3n) is 4.95. The predicted molar refractivity (Wildman–Crippen MR) is 105 cm³/mol. The lowest BCUT2D eigenvalue weighted by Gasteiger charge is -2.32. The molecule has 2 aliphatic rings. The van der Waals surface area contributed by atoms with Crippen molar-refractivity contribution in [2.24, 2.45) is 4.99 Å². The molecule has 0 amide bonds. The molecule has 1 N–H and O–H groups in total. The predicted octanol–water partition coefficient (Wildman–Crippen LogP) is 4.43. The molecule has 2 aromatic rings. The van der Waals surface area contributed by atoms with E-state index in [2.05, 4.69) is 16.8 Å². The van der Waals surface area contributed by atoms with Crippen LogP contribution in [0.2, 0.25) is 5.02 Å². The van der Waals surface area contributed by atoms with Crippen LogP contribution in [0.25, 0.3) is 0 Å². The Morgan fingerprint density at radius 2 is 2.23 bits per heavy atom. The van der Waals surface area contributed by atoms with E-state index in [1.807, 2.05) is 24.3 Å². The number of phenols is 1. The molecule has 3 unspecified atom stereocenters. The number of pyridine rings is 1. The van der Waals surface area contributed by atoms with Crippen LogP contribution in [0.4, 0.5) is 0 Å². The molecule has 1 aromatic heterocycles. The molecule has 2 aliphatic heterocycles. The van der Waals surface area contributed by atoms with Gasteiger partial charge in [0.15, 0.2) is 16.7 Å². The number of aromatic hydroxyl groups is 1. The lowest BCUT2D eigenvalue weighted by molar-refractivity contribution is 0.254. The number of hydrogen-bond acceptors (Lipinski definition) is 6. The number of nitrogens with zero attached hydrogens (tertiary/aromatic N) is 3. The van der Waals surface area contributed by atoms with E-state index >= 15 is 0 Å². The summed E-state index contributed by atoms with van der Waals surface area (Å²) in [5.74, 6) is 1.48. The van der Waals surface area contributed by atoms with Gasteiger partial charge >= 0.3 is 0 Å². The minimum Gasteiger partial charge on any atom is -0.504 e. The van der Waals surface area contributed by atoms with Crippen molar-refractivity contribution in [2.75, 3.05) is 12.9 Å². The van der Waals surface area contributed by atoms with Gasteiger partial charge in [-0.15, -0.1) is 0 Å². The van der Waals surface area contributed by atoms with Gasteiger partial charge in [-0.05, 0) is 30.2 Å². The van der Waals surface area contributed by atoms with Crippen molar-refractivity contribution in [1.82, 2.24) is 9.88 Å². The topological polar surface area (TPSA) is 58.0 Å². The van der Waals surface area contributed by atoms with Crippen LogP contribution >= 0.6 is 23.4 Å². The van der Waals surface area contributed by atoms with Crippen molar-refractivity contribution in [2.45, 2.75) is 31.5 Å². The first-order valence-corrected chi connectivity index (χ1v) is 9.96. The first kappa shape index (κ1) is 17.5. The average molecular weight is 390 g/mol. The summed E-state index contributed by atoms with van der Waals surface area (Å²) >= 11 is 8.34. The Morgan fingerprint density at radius 3 is 2.92 bits per heavy atom. The highest BCUT2D eigenvalue weighted by atomic mass is 35.5. The Labute approximate surface area is 162 Å². The van der Waals surface area contributed by atoms with Crippen molar-refractivity contribution in [3.8, 4) is 11.5 Å². The maximum Gasteiger partial charge on any atom is 0.160 e. The highest BCUT2D eigenvalue weighted by Gasteiger charge is 2.46.